The number of hydrogen-bond donors (Lipinski definition) is 3. The molecule has 2 aromatic rings. The summed E-state index contributed by atoms with van der Waals surface area (Å²) < 4.78 is 6.34. The van der Waals surface area contributed by atoms with Crippen LogP contribution in [-0.2, 0) is 17.6 Å². The van der Waals surface area contributed by atoms with Crippen LogP contribution in [0.4, 0.5) is 5.69 Å². The number of aliphatic hydroxyl groups excluding tert-OH is 1. The lowest BCUT2D eigenvalue weighted by Crippen LogP contribution is -2.53. The van der Waals surface area contributed by atoms with Crippen molar-refractivity contribution in [3.63, 3.8) is 0 Å². The second-order valence-corrected chi connectivity index (χ2v) is 9.61. The molecular weight excluding hydrogens is 432 g/mol. The van der Waals surface area contributed by atoms with Crippen molar-refractivity contribution in [2.45, 2.75) is 43.4 Å². The van der Waals surface area contributed by atoms with E-state index in [0.29, 0.717) is 24.3 Å². The molecule has 8 heteroatoms. The van der Waals surface area contributed by atoms with Crippen molar-refractivity contribution >= 4 is 23.3 Å². The van der Waals surface area contributed by atoms with Gasteiger partial charge in [-0.3, -0.25) is 9.69 Å². The summed E-state index contributed by atoms with van der Waals surface area (Å²) >= 11 is 6.14. The van der Waals surface area contributed by atoms with Crippen molar-refractivity contribution in [3.8, 4) is 11.5 Å². The molecule has 0 saturated carbocycles. The van der Waals surface area contributed by atoms with Crippen LogP contribution in [-0.4, -0.2) is 70.1 Å². The molecule has 3 heterocycles. The molecule has 5 rings (SSSR count). The molecule has 1 spiro atoms. The van der Waals surface area contributed by atoms with Crippen LogP contribution in [0.25, 0.3) is 0 Å². The highest BCUT2D eigenvalue weighted by Crippen LogP contribution is 2.42. The predicted octanol–water partition coefficient (Wildman–Crippen LogP) is 2.69. The van der Waals surface area contributed by atoms with Crippen molar-refractivity contribution in [2.24, 2.45) is 0 Å². The lowest BCUT2D eigenvalue weighted by molar-refractivity contribution is -0.136. The molecule has 3 aliphatic rings. The van der Waals surface area contributed by atoms with E-state index in [1.54, 1.807) is 12.1 Å². The maximum absolute atomic E-state index is 11.3. The van der Waals surface area contributed by atoms with Crippen molar-refractivity contribution in [3.05, 3.63) is 52.5 Å². The van der Waals surface area contributed by atoms with Gasteiger partial charge in [0, 0.05) is 62.2 Å². The van der Waals surface area contributed by atoms with Gasteiger partial charge in [-0.05, 0) is 35.4 Å². The zero-order valence-electron chi connectivity index (χ0n) is 17.7. The minimum atomic E-state index is -0.923. The molecule has 0 bridgehead atoms. The normalized spacial score (nSPS) is 24.5. The van der Waals surface area contributed by atoms with Crippen molar-refractivity contribution in [1.82, 2.24) is 4.90 Å². The fourth-order valence-corrected chi connectivity index (χ4v) is 5.62. The number of β-amino-alcohol motifs (C(OH)–C–C–N with tert-alkyl or cyclic N) is 1. The minimum Gasteiger partial charge on any atom is -0.508 e. The first kappa shape index (κ1) is 21.4. The third kappa shape index (κ3) is 4.00. The molecule has 170 valence electrons. The second-order valence-electron chi connectivity index (χ2n) is 9.17. The van der Waals surface area contributed by atoms with Gasteiger partial charge in [0.15, 0.2) is 0 Å². The van der Waals surface area contributed by atoms with Crippen molar-refractivity contribution in [1.29, 1.82) is 0 Å². The number of rotatable bonds is 4. The van der Waals surface area contributed by atoms with Crippen molar-refractivity contribution in [2.75, 3.05) is 31.1 Å². The fraction of sp³-hybridized carbons (Fsp3) is 0.458. The Hall–Kier alpha value is -2.48. The number of aliphatic carboxylic acids is 1. The Labute approximate surface area is 191 Å². The largest absolute Gasteiger partial charge is 0.508 e. The number of aromatic hydroxyl groups is 1. The van der Waals surface area contributed by atoms with E-state index in [4.69, 9.17) is 16.3 Å². The second kappa shape index (κ2) is 8.14. The third-order valence-electron chi connectivity index (χ3n) is 7.05. The molecule has 0 aromatic heterocycles. The Bertz CT molecular complexity index is 1040. The van der Waals surface area contributed by atoms with Crippen LogP contribution in [0.5, 0.6) is 11.5 Å². The molecule has 2 saturated heterocycles. The van der Waals surface area contributed by atoms with Gasteiger partial charge in [-0.1, -0.05) is 17.7 Å². The highest BCUT2D eigenvalue weighted by atomic mass is 35.5. The maximum Gasteiger partial charge on any atom is 0.307 e. The Kier molecular flexibility index (Phi) is 5.43. The van der Waals surface area contributed by atoms with E-state index >= 15 is 0 Å². The number of fused-ring (bicyclic) bond motifs is 1. The number of hydrogen-bond acceptors (Lipinski definition) is 6. The number of benzene rings is 2. The predicted molar refractivity (Wildman–Crippen MR) is 121 cm³/mol. The molecule has 0 radical (unpaired) electrons. The number of nitrogens with zero attached hydrogens (tertiary/aromatic N) is 2. The lowest BCUT2D eigenvalue weighted by atomic mass is 9.86. The summed E-state index contributed by atoms with van der Waals surface area (Å²) in [4.78, 5) is 15.6. The number of carboxylic acid groups (broad SMARTS) is 1. The van der Waals surface area contributed by atoms with Crippen LogP contribution in [0.2, 0.25) is 5.02 Å². The number of ether oxygens (including phenoxy) is 1. The first-order chi connectivity index (χ1) is 15.3. The SMILES string of the molecule is O=C(O)Cc1ccc(O)cc1N1CC(N2CCC3(CC2)Cc2cc(Cl)ccc2O3)[C@H](O)C1. The number of phenols is 1. The summed E-state index contributed by atoms with van der Waals surface area (Å²) in [6.07, 6.45) is 1.93. The molecule has 3 aliphatic heterocycles. The first-order valence-electron chi connectivity index (χ1n) is 11.0. The highest BCUT2D eigenvalue weighted by Gasteiger charge is 2.45. The average molecular weight is 459 g/mol. The van der Waals surface area contributed by atoms with E-state index < -0.39 is 12.1 Å². The Morgan fingerprint density at radius 1 is 1.16 bits per heavy atom. The molecule has 0 amide bonds. The van der Waals surface area contributed by atoms with E-state index in [0.717, 1.165) is 48.7 Å². The number of carbonyl (C=O) groups is 1. The third-order valence-corrected chi connectivity index (χ3v) is 7.29. The molecule has 1 unspecified atom stereocenters. The van der Waals surface area contributed by atoms with Gasteiger partial charge in [0.1, 0.15) is 17.1 Å². The Balaban J connectivity index is 1.26. The van der Waals surface area contributed by atoms with Crippen molar-refractivity contribution < 1.29 is 24.9 Å². The van der Waals surface area contributed by atoms with E-state index in [1.165, 1.54) is 6.07 Å². The maximum atomic E-state index is 11.3. The van der Waals surface area contributed by atoms with Gasteiger partial charge < -0.3 is 25.0 Å². The Morgan fingerprint density at radius 3 is 2.69 bits per heavy atom. The molecule has 32 heavy (non-hydrogen) atoms. The number of likely N-dealkylation sites (tertiary alicyclic amines) is 1. The Morgan fingerprint density at radius 2 is 1.94 bits per heavy atom. The first-order valence-corrected chi connectivity index (χ1v) is 11.4. The number of phenolic OH excluding ortho intramolecular Hbond substituents is 1. The summed E-state index contributed by atoms with van der Waals surface area (Å²) in [5.74, 6) is 0.0863. The molecule has 2 atom stereocenters. The molecule has 0 aliphatic carbocycles. The van der Waals surface area contributed by atoms with E-state index in [-0.39, 0.29) is 23.8 Å². The molecule has 7 nitrogen and oxygen atoms in total. The molecular formula is C24H27ClN2O5. The smallest absolute Gasteiger partial charge is 0.307 e. The number of aliphatic hydroxyl groups is 1. The minimum absolute atomic E-state index is 0.0504. The summed E-state index contributed by atoms with van der Waals surface area (Å²) in [5.41, 5.74) is 2.27. The number of anilines is 1. The van der Waals surface area contributed by atoms with Crippen LogP contribution >= 0.6 is 11.6 Å². The number of piperidine rings is 1. The van der Waals surface area contributed by atoms with Gasteiger partial charge in [0.25, 0.3) is 0 Å². The number of halogens is 1. The zero-order chi connectivity index (χ0) is 22.5. The highest BCUT2D eigenvalue weighted by molar-refractivity contribution is 6.30. The summed E-state index contributed by atoms with van der Waals surface area (Å²) in [5, 5.41) is 30.8. The van der Waals surface area contributed by atoms with E-state index in [9.17, 15) is 20.1 Å². The van der Waals surface area contributed by atoms with Gasteiger partial charge in [-0.15, -0.1) is 0 Å². The topological polar surface area (TPSA) is 93.5 Å². The quantitative estimate of drug-likeness (QED) is 0.648. The van der Waals surface area contributed by atoms with Gasteiger partial charge in [-0.2, -0.15) is 0 Å². The van der Waals surface area contributed by atoms with Crippen LogP contribution < -0.4 is 9.64 Å². The van der Waals surface area contributed by atoms with Crippen LogP contribution in [0.15, 0.2) is 36.4 Å². The van der Waals surface area contributed by atoms with Gasteiger partial charge in [0.05, 0.1) is 18.6 Å². The average Bonchev–Trinajstić information content (AvgIpc) is 3.29. The standard InChI is InChI=1S/C24H27ClN2O5/c25-17-2-4-22-16(9-17)12-24(32-22)5-7-26(8-6-24)20-13-27(14-21(20)29)19-11-18(28)3-1-15(19)10-23(30)31/h1-4,9,11,20-21,28-29H,5-8,10,12-14H2,(H,30,31)/t20?,21-/m1/s1. The number of carboxylic acids is 1. The molecule has 2 aromatic carbocycles. The van der Waals surface area contributed by atoms with Gasteiger partial charge >= 0.3 is 5.97 Å². The summed E-state index contributed by atoms with van der Waals surface area (Å²) in [6, 6.07) is 10.5. The molecule has 3 N–H and O–H groups in total. The van der Waals surface area contributed by atoms with Crippen LogP contribution in [0.3, 0.4) is 0 Å². The van der Waals surface area contributed by atoms with E-state index in [2.05, 4.69) is 4.90 Å². The van der Waals surface area contributed by atoms with Gasteiger partial charge in [0.2, 0.25) is 0 Å². The van der Waals surface area contributed by atoms with Gasteiger partial charge in [-0.25, -0.2) is 0 Å². The summed E-state index contributed by atoms with van der Waals surface area (Å²) in [6.45, 7) is 2.63. The zero-order valence-corrected chi connectivity index (χ0v) is 18.5. The molecule has 2 fully saturated rings. The monoisotopic (exact) mass is 458 g/mol. The van der Waals surface area contributed by atoms with E-state index in [1.807, 2.05) is 23.1 Å². The summed E-state index contributed by atoms with van der Waals surface area (Å²) in [7, 11) is 0. The lowest BCUT2D eigenvalue weighted by Gasteiger charge is -2.41. The fourth-order valence-electron chi connectivity index (χ4n) is 5.43. The van der Waals surface area contributed by atoms with Crippen LogP contribution in [0, 0.1) is 0 Å². The van der Waals surface area contributed by atoms with Crippen LogP contribution in [0.1, 0.15) is 24.0 Å².